The van der Waals surface area contributed by atoms with Gasteiger partial charge < -0.3 is 10.2 Å². The number of aromatic nitrogens is 4. The minimum Gasteiger partial charge on any atom is -0.324 e. The Hall–Kier alpha value is -4.40. The predicted molar refractivity (Wildman–Crippen MR) is 182 cm³/mol. The summed E-state index contributed by atoms with van der Waals surface area (Å²) >= 11 is 6.78. The maximum atomic E-state index is 13.7. The van der Waals surface area contributed by atoms with Gasteiger partial charge in [-0.3, -0.25) is 19.1 Å². The van der Waals surface area contributed by atoms with Crippen LogP contribution in [0.2, 0.25) is 5.02 Å². The van der Waals surface area contributed by atoms with Gasteiger partial charge in [0.25, 0.3) is 5.56 Å². The number of aryl methyl sites for hydroxylation is 1. The maximum Gasteiger partial charge on any atom is 0.260 e. The molecule has 8 nitrogen and oxygen atoms in total. The van der Waals surface area contributed by atoms with Crippen LogP contribution in [0.25, 0.3) is 33.3 Å². The van der Waals surface area contributed by atoms with E-state index >= 15 is 0 Å². The van der Waals surface area contributed by atoms with Gasteiger partial charge in [-0.1, -0.05) is 49.7 Å². The lowest BCUT2D eigenvalue weighted by molar-refractivity contribution is 0.0983. The van der Waals surface area contributed by atoms with Crippen molar-refractivity contribution in [1.82, 2.24) is 24.4 Å². The van der Waals surface area contributed by atoms with Crippen LogP contribution >= 0.6 is 11.6 Å². The second-order valence-electron chi connectivity index (χ2n) is 11.4. The molecule has 0 atom stereocenters. The zero-order valence-corrected chi connectivity index (χ0v) is 26.6. The van der Waals surface area contributed by atoms with Gasteiger partial charge >= 0.3 is 0 Å². The monoisotopic (exact) mass is 620 g/mol. The van der Waals surface area contributed by atoms with E-state index in [1.54, 1.807) is 29.1 Å². The normalized spacial score (nSPS) is 14.1. The molecule has 0 spiro atoms. The van der Waals surface area contributed by atoms with Crippen LogP contribution in [0, 0.1) is 0 Å². The number of hydrogen-bond donors (Lipinski definition) is 1. The van der Waals surface area contributed by atoms with Gasteiger partial charge in [-0.2, -0.15) is 4.98 Å². The number of carbonyl (C=O) groups is 1. The lowest BCUT2D eigenvalue weighted by Gasteiger charge is -2.31. The Morgan fingerprint density at radius 2 is 1.67 bits per heavy atom. The van der Waals surface area contributed by atoms with E-state index in [0.29, 0.717) is 52.3 Å². The van der Waals surface area contributed by atoms with Crippen molar-refractivity contribution < 1.29 is 4.79 Å². The lowest BCUT2D eigenvalue weighted by Crippen LogP contribution is -2.32. The van der Waals surface area contributed by atoms with Crippen molar-refractivity contribution >= 4 is 40.1 Å². The summed E-state index contributed by atoms with van der Waals surface area (Å²) in [5.74, 6) is 1.01. The smallest absolute Gasteiger partial charge is 0.260 e. The molecule has 2 aromatic carbocycles. The number of nitrogens with one attached hydrogen (secondary N) is 1. The molecule has 1 saturated heterocycles. The number of pyridine rings is 2. The van der Waals surface area contributed by atoms with Crippen molar-refractivity contribution in [1.29, 1.82) is 0 Å². The summed E-state index contributed by atoms with van der Waals surface area (Å²) in [5, 5.41) is 4.49. The Balaban J connectivity index is 1.26. The van der Waals surface area contributed by atoms with Gasteiger partial charge in [-0.05, 0) is 98.4 Å². The molecule has 0 aliphatic carbocycles. The highest BCUT2D eigenvalue weighted by atomic mass is 35.5. The van der Waals surface area contributed by atoms with Gasteiger partial charge in [-0.15, -0.1) is 0 Å². The van der Waals surface area contributed by atoms with Crippen LogP contribution in [-0.2, 0) is 6.54 Å². The van der Waals surface area contributed by atoms with E-state index in [0.717, 1.165) is 41.8 Å². The minimum atomic E-state index is -0.178. The molecule has 9 heteroatoms. The second-order valence-corrected chi connectivity index (χ2v) is 11.8. The molecule has 1 fully saturated rings. The quantitative estimate of drug-likeness (QED) is 0.169. The molecule has 0 unspecified atom stereocenters. The topological polar surface area (TPSA) is 93.0 Å². The lowest BCUT2D eigenvalue weighted by atomic mass is 9.89. The first-order valence-electron chi connectivity index (χ1n) is 15.7. The number of rotatable bonds is 9. The maximum absolute atomic E-state index is 13.7. The van der Waals surface area contributed by atoms with Gasteiger partial charge in [0.05, 0.1) is 0 Å². The highest BCUT2D eigenvalue weighted by Crippen LogP contribution is 2.33. The van der Waals surface area contributed by atoms with Crippen molar-refractivity contribution in [3.63, 3.8) is 0 Å². The number of hydrogen-bond acceptors (Lipinski definition) is 7. The van der Waals surface area contributed by atoms with Crippen LogP contribution in [0.15, 0.2) is 77.9 Å². The number of anilines is 2. The summed E-state index contributed by atoms with van der Waals surface area (Å²) < 4.78 is 1.65. The molecule has 1 aliphatic heterocycles. The van der Waals surface area contributed by atoms with Crippen LogP contribution in [-0.4, -0.2) is 49.8 Å². The third-order valence-electron chi connectivity index (χ3n) is 8.78. The third-order valence-corrected chi connectivity index (χ3v) is 9.09. The summed E-state index contributed by atoms with van der Waals surface area (Å²) in [6.07, 6.45) is 6.12. The van der Waals surface area contributed by atoms with Crippen LogP contribution in [0.1, 0.15) is 62.0 Å². The highest BCUT2D eigenvalue weighted by molar-refractivity contribution is 6.33. The van der Waals surface area contributed by atoms with E-state index in [2.05, 4.69) is 51.4 Å². The summed E-state index contributed by atoms with van der Waals surface area (Å²) in [4.78, 5) is 41.9. The Kier molecular flexibility index (Phi) is 9.05. The van der Waals surface area contributed by atoms with E-state index in [1.165, 1.54) is 18.4 Å². The number of nitrogens with zero attached hydrogens (tertiary/aromatic N) is 5. The third kappa shape index (κ3) is 6.39. The fourth-order valence-electron chi connectivity index (χ4n) is 6.11. The van der Waals surface area contributed by atoms with Crippen molar-refractivity contribution in [2.24, 2.45) is 0 Å². The summed E-state index contributed by atoms with van der Waals surface area (Å²) in [5.41, 5.74) is 5.83. The van der Waals surface area contributed by atoms with Crippen LogP contribution in [0.3, 0.4) is 0 Å². The first-order valence-corrected chi connectivity index (χ1v) is 16.1. The molecule has 45 heavy (non-hydrogen) atoms. The molecule has 230 valence electrons. The number of carbonyl (C=O) groups excluding carboxylic acids is 1. The number of piperidine rings is 1. The van der Waals surface area contributed by atoms with Gasteiger partial charge in [0, 0.05) is 52.6 Å². The van der Waals surface area contributed by atoms with Crippen LogP contribution in [0.4, 0.5) is 11.6 Å². The SMILES string of the molecule is CCC(=O)c1cc(-c2ccc(-c3cc4cnc(Nc5ccc(C6CCN(CC)CC6)cc5)nc4n(CC)c3=O)c(Cl)c2)ccn1. The fraction of sp³-hybridized carbons (Fsp3) is 0.306. The standard InChI is InChI=1S/C36H37ClN6O2/c1-4-33(44)32-21-26(13-16-38-32)25-9-12-29(31(37)20-25)30-19-27-22-39-36(41-34(27)43(6-3)35(30)45)40-28-10-7-23(8-11-28)24-14-17-42(5-2)18-15-24/h7-13,16,19-22,24H,4-6,14-15,17-18H2,1-3H3,(H,39,40,41). The Morgan fingerprint density at radius 3 is 2.36 bits per heavy atom. The van der Waals surface area contributed by atoms with Gasteiger partial charge in [-0.25, -0.2) is 4.98 Å². The molecule has 3 aromatic heterocycles. The number of halogens is 1. The molecule has 1 N–H and O–H groups in total. The molecule has 0 radical (unpaired) electrons. The van der Waals surface area contributed by atoms with Gasteiger partial charge in [0.2, 0.25) is 5.95 Å². The molecule has 6 rings (SSSR count). The van der Waals surface area contributed by atoms with Crippen molar-refractivity contribution in [2.45, 2.75) is 52.5 Å². The van der Waals surface area contributed by atoms with Gasteiger partial charge in [0.1, 0.15) is 11.3 Å². The van der Waals surface area contributed by atoms with Crippen LogP contribution < -0.4 is 10.9 Å². The number of Topliss-reactive ketones (excluding diaryl/α,β-unsaturated/α-hetero) is 1. The van der Waals surface area contributed by atoms with E-state index in [4.69, 9.17) is 16.6 Å². The Labute approximate surface area is 268 Å². The molecular formula is C36H37ClN6O2. The molecule has 5 aromatic rings. The highest BCUT2D eigenvalue weighted by Gasteiger charge is 2.20. The average molecular weight is 621 g/mol. The predicted octanol–water partition coefficient (Wildman–Crippen LogP) is 7.73. The molecule has 0 amide bonds. The zero-order valence-electron chi connectivity index (χ0n) is 25.9. The summed E-state index contributed by atoms with van der Waals surface area (Å²) in [7, 11) is 0. The Bertz CT molecular complexity index is 1910. The largest absolute Gasteiger partial charge is 0.324 e. The Morgan fingerprint density at radius 1 is 0.911 bits per heavy atom. The molecule has 0 saturated carbocycles. The van der Waals surface area contributed by atoms with E-state index < -0.39 is 0 Å². The summed E-state index contributed by atoms with van der Waals surface area (Å²) in [6.45, 7) is 9.82. The minimum absolute atomic E-state index is 0.0206. The van der Waals surface area contributed by atoms with E-state index in [-0.39, 0.29) is 11.3 Å². The second kappa shape index (κ2) is 13.3. The molecule has 0 bridgehead atoms. The number of ketones is 1. The van der Waals surface area contributed by atoms with Crippen LogP contribution in [0.5, 0.6) is 0 Å². The molecular weight excluding hydrogens is 584 g/mol. The molecule has 1 aliphatic rings. The van der Waals surface area contributed by atoms with Crippen molar-refractivity contribution in [3.05, 3.63) is 99.7 Å². The number of likely N-dealkylation sites (tertiary alicyclic amines) is 1. The van der Waals surface area contributed by atoms with E-state index in [9.17, 15) is 9.59 Å². The molecule has 4 heterocycles. The number of fused-ring (bicyclic) bond motifs is 1. The number of benzene rings is 2. The first kappa shape index (κ1) is 30.6. The average Bonchev–Trinajstić information content (AvgIpc) is 3.08. The van der Waals surface area contributed by atoms with Gasteiger partial charge in [0.15, 0.2) is 5.78 Å². The van der Waals surface area contributed by atoms with Crippen molar-refractivity contribution in [3.8, 4) is 22.3 Å². The fourth-order valence-corrected chi connectivity index (χ4v) is 6.39. The summed E-state index contributed by atoms with van der Waals surface area (Å²) in [6, 6.07) is 19.5. The first-order chi connectivity index (χ1) is 21.9. The van der Waals surface area contributed by atoms with Crippen molar-refractivity contribution in [2.75, 3.05) is 25.0 Å². The van der Waals surface area contributed by atoms with E-state index in [1.807, 2.05) is 38.1 Å². The zero-order chi connectivity index (χ0) is 31.5.